The summed E-state index contributed by atoms with van der Waals surface area (Å²) in [5, 5.41) is 10.8. The fourth-order valence-electron chi connectivity index (χ4n) is 2.59. The molecule has 8 nitrogen and oxygen atoms in total. The molecule has 8 heteroatoms. The summed E-state index contributed by atoms with van der Waals surface area (Å²) in [7, 11) is 3.08. The topological polar surface area (TPSA) is 95.7 Å². The first-order valence-corrected chi connectivity index (χ1v) is 8.14. The standard InChI is InChI=1S/C17H21N3O5/c1-18-15(21)10-24-13-6-5-11(8-14(13)22-2)16-19-20-17(25-16)12-4-3-7-23-9-12/h5-6,8,12H,3-4,7,9-10H2,1-2H3,(H,18,21). The quantitative estimate of drug-likeness (QED) is 0.850. The van der Waals surface area contributed by atoms with E-state index in [0.29, 0.717) is 29.9 Å². The lowest BCUT2D eigenvalue weighted by Gasteiger charge is -2.18. The molecule has 0 bridgehead atoms. The summed E-state index contributed by atoms with van der Waals surface area (Å²) in [6.07, 6.45) is 1.98. The van der Waals surface area contributed by atoms with Gasteiger partial charge >= 0.3 is 0 Å². The van der Waals surface area contributed by atoms with Crippen LogP contribution in [0, 0.1) is 0 Å². The zero-order valence-electron chi connectivity index (χ0n) is 14.3. The Kier molecular flexibility index (Phi) is 5.49. The smallest absolute Gasteiger partial charge is 0.257 e. The normalized spacial score (nSPS) is 17.1. The second-order valence-corrected chi connectivity index (χ2v) is 5.69. The van der Waals surface area contributed by atoms with Crippen LogP contribution in [-0.4, -0.2) is 50.1 Å². The first-order valence-electron chi connectivity index (χ1n) is 8.14. The SMILES string of the molecule is CNC(=O)COc1ccc(-c2nnc(C3CCCOC3)o2)cc1OC. The highest BCUT2D eigenvalue weighted by Crippen LogP contribution is 2.33. The van der Waals surface area contributed by atoms with Crippen molar-refractivity contribution in [2.45, 2.75) is 18.8 Å². The number of nitrogens with one attached hydrogen (secondary N) is 1. The summed E-state index contributed by atoms with van der Waals surface area (Å²) in [6.45, 7) is 1.31. The average Bonchev–Trinajstić information content (AvgIpc) is 3.16. The van der Waals surface area contributed by atoms with E-state index in [-0.39, 0.29) is 18.4 Å². The third-order valence-corrected chi connectivity index (χ3v) is 4.00. The molecule has 134 valence electrons. The Balaban J connectivity index is 1.76. The first-order chi connectivity index (χ1) is 12.2. The number of methoxy groups -OCH3 is 1. The highest BCUT2D eigenvalue weighted by Gasteiger charge is 2.22. The van der Waals surface area contributed by atoms with Gasteiger partial charge in [-0.1, -0.05) is 0 Å². The van der Waals surface area contributed by atoms with Crippen molar-refractivity contribution in [2.75, 3.05) is 34.0 Å². The van der Waals surface area contributed by atoms with E-state index in [1.165, 1.54) is 7.11 Å². The second kappa shape index (κ2) is 7.98. The second-order valence-electron chi connectivity index (χ2n) is 5.69. The van der Waals surface area contributed by atoms with E-state index in [4.69, 9.17) is 18.6 Å². The molecule has 25 heavy (non-hydrogen) atoms. The van der Waals surface area contributed by atoms with Crippen molar-refractivity contribution in [3.8, 4) is 23.0 Å². The Hall–Kier alpha value is -2.61. The number of aromatic nitrogens is 2. The van der Waals surface area contributed by atoms with E-state index < -0.39 is 0 Å². The van der Waals surface area contributed by atoms with E-state index in [1.54, 1.807) is 25.2 Å². The third-order valence-electron chi connectivity index (χ3n) is 4.00. The van der Waals surface area contributed by atoms with Crippen LogP contribution >= 0.6 is 0 Å². The van der Waals surface area contributed by atoms with E-state index in [9.17, 15) is 4.79 Å². The van der Waals surface area contributed by atoms with Crippen LogP contribution in [0.15, 0.2) is 22.6 Å². The summed E-state index contributed by atoms with van der Waals surface area (Å²) in [6, 6.07) is 5.24. The van der Waals surface area contributed by atoms with Crippen molar-refractivity contribution in [1.29, 1.82) is 0 Å². The number of benzene rings is 1. The van der Waals surface area contributed by atoms with Crippen LogP contribution in [0.4, 0.5) is 0 Å². The molecule has 1 N–H and O–H groups in total. The van der Waals surface area contributed by atoms with Gasteiger partial charge in [0.1, 0.15) is 0 Å². The predicted octanol–water partition coefficient (Wildman–Crippen LogP) is 1.76. The molecule has 1 aliphatic rings. The molecule has 0 radical (unpaired) electrons. The van der Waals surface area contributed by atoms with Crippen molar-refractivity contribution >= 4 is 5.91 Å². The zero-order chi connectivity index (χ0) is 17.6. The number of likely N-dealkylation sites (N-methyl/N-ethyl adjacent to an activating group) is 1. The van der Waals surface area contributed by atoms with Crippen LogP contribution in [0.25, 0.3) is 11.5 Å². The molecule has 1 aliphatic heterocycles. The Morgan fingerprint density at radius 2 is 2.24 bits per heavy atom. The van der Waals surface area contributed by atoms with Crippen LogP contribution in [0.3, 0.4) is 0 Å². The molecule has 1 aromatic heterocycles. The van der Waals surface area contributed by atoms with Crippen LogP contribution in [-0.2, 0) is 9.53 Å². The molecule has 3 rings (SSSR count). The van der Waals surface area contributed by atoms with Crippen molar-refractivity contribution < 1.29 is 23.4 Å². The molecule has 0 spiro atoms. The van der Waals surface area contributed by atoms with Gasteiger partial charge in [0, 0.05) is 19.2 Å². The monoisotopic (exact) mass is 347 g/mol. The maximum Gasteiger partial charge on any atom is 0.257 e. The van der Waals surface area contributed by atoms with E-state index >= 15 is 0 Å². The van der Waals surface area contributed by atoms with Gasteiger partial charge in [0.25, 0.3) is 5.91 Å². The molecule has 1 unspecified atom stereocenters. The molecule has 0 aliphatic carbocycles. The number of hydrogen-bond acceptors (Lipinski definition) is 7. The van der Waals surface area contributed by atoms with Crippen molar-refractivity contribution in [1.82, 2.24) is 15.5 Å². The Morgan fingerprint density at radius 3 is 2.96 bits per heavy atom. The van der Waals surface area contributed by atoms with Gasteiger partial charge in [0.2, 0.25) is 11.8 Å². The lowest BCUT2D eigenvalue weighted by atomic mass is 10.0. The van der Waals surface area contributed by atoms with Gasteiger partial charge in [-0.05, 0) is 31.0 Å². The fourth-order valence-corrected chi connectivity index (χ4v) is 2.59. The largest absolute Gasteiger partial charge is 0.493 e. The minimum atomic E-state index is -0.220. The zero-order valence-corrected chi connectivity index (χ0v) is 14.3. The van der Waals surface area contributed by atoms with Gasteiger partial charge in [-0.25, -0.2) is 0 Å². The van der Waals surface area contributed by atoms with Crippen molar-refractivity contribution in [3.05, 3.63) is 24.1 Å². The van der Waals surface area contributed by atoms with Gasteiger partial charge < -0.3 is 23.9 Å². The Bertz CT molecular complexity index is 725. The number of rotatable bonds is 6. The molecule has 2 aromatic rings. The number of amides is 1. The lowest BCUT2D eigenvalue weighted by Crippen LogP contribution is -2.24. The first kappa shape index (κ1) is 17.2. The van der Waals surface area contributed by atoms with Crippen LogP contribution < -0.4 is 14.8 Å². The van der Waals surface area contributed by atoms with Gasteiger partial charge in [-0.15, -0.1) is 10.2 Å². The van der Waals surface area contributed by atoms with Crippen LogP contribution in [0.5, 0.6) is 11.5 Å². The number of carbonyl (C=O) groups is 1. The highest BCUT2D eigenvalue weighted by atomic mass is 16.5. The van der Waals surface area contributed by atoms with Crippen LogP contribution in [0.1, 0.15) is 24.7 Å². The van der Waals surface area contributed by atoms with E-state index in [2.05, 4.69) is 15.5 Å². The number of carbonyl (C=O) groups excluding carboxylic acids is 1. The summed E-state index contributed by atoms with van der Waals surface area (Å²) >= 11 is 0. The van der Waals surface area contributed by atoms with Gasteiger partial charge in [-0.2, -0.15) is 0 Å². The van der Waals surface area contributed by atoms with Gasteiger partial charge in [-0.3, -0.25) is 4.79 Å². The fraction of sp³-hybridized carbons (Fsp3) is 0.471. The maximum absolute atomic E-state index is 11.3. The molecule has 2 heterocycles. The molecular formula is C17H21N3O5. The van der Waals surface area contributed by atoms with Crippen molar-refractivity contribution in [3.63, 3.8) is 0 Å². The Morgan fingerprint density at radius 1 is 1.36 bits per heavy atom. The molecule has 1 atom stereocenters. The van der Waals surface area contributed by atoms with Crippen LogP contribution in [0.2, 0.25) is 0 Å². The molecule has 1 saturated heterocycles. The summed E-state index contributed by atoms with van der Waals surface area (Å²) < 4.78 is 22.0. The highest BCUT2D eigenvalue weighted by molar-refractivity contribution is 5.77. The molecule has 1 fully saturated rings. The number of ether oxygens (including phenoxy) is 3. The molecule has 1 aromatic carbocycles. The predicted molar refractivity (Wildman–Crippen MR) is 88.6 cm³/mol. The lowest BCUT2D eigenvalue weighted by molar-refractivity contribution is -0.122. The van der Waals surface area contributed by atoms with Gasteiger partial charge in [0.05, 0.1) is 19.6 Å². The average molecular weight is 347 g/mol. The molecule has 1 amide bonds. The third kappa shape index (κ3) is 4.08. The van der Waals surface area contributed by atoms with E-state index in [0.717, 1.165) is 25.0 Å². The maximum atomic E-state index is 11.3. The Labute approximate surface area is 145 Å². The minimum absolute atomic E-state index is 0.0847. The summed E-state index contributed by atoms with van der Waals surface area (Å²) in [4.78, 5) is 11.3. The molecule has 0 saturated carbocycles. The summed E-state index contributed by atoms with van der Waals surface area (Å²) in [5.74, 6) is 1.89. The number of nitrogens with zero attached hydrogens (tertiary/aromatic N) is 2. The summed E-state index contributed by atoms with van der Waals surface area (Å²) in [5.41, 5.74) is 0.722. The van der Waals surface area contributed by atoms with E-state index in [1.807, 2.05) is 0 Å². The minimum Gasteiger partial charge on any atom is -0.493 e. The van der Waals surface area contributed by atoms with Crippen molar-refractivity contribution in [2.24, 2.45) is 0 Å². The molecular weight excluding hydrogens is 326 g/mol. The van der Waals surface area contributed by atoms with Gasteiger partial charge in [0.15, 0.2) is 18.1 Å². The number of hydrogen-bond donors (Lipinski definition) is 1.